The number of para-hydroxylation sites is 1. The summed E-state index contributed by atoms with van der Waals surface area (Å²) >= 11 is 0. The number of likely N-dealkylation sites (tertiary alicyclic amines) is 1. The third-order valence-corrected chi connectivity index (χ3v) is 6.60. The first-order chi connectivity index (χ1) is 15.6. The molecule has 0 spiro atoms. The van der Waals surface area contributed by atoms with E-state index in [4.69, 9.17) is 9.47 Å². The van der Waals surface area contributed by atoms with E-state index in [1.54, 1.807) is 7.11 Å². The standard InChI is InChI=1S/C26H32N2O4/c1-3-27-25(30)26(14-15-28(18-26)24(29)23-9-6-16-32-23)17-19-10-12-20(13-11-19)21-7-4-5-8-22(21)31-2/h4-5,7-8,10-13,23H,3,6,9,14-18H2,1-2H3,(H,27,30)/t23-,26+/m0/s1. The summed E-state index contributed by atoms with van der Waals surface area (Å²) in [7, 11) is 1.67. The van der Waals surface area contributed by atoms with E-state index in [9.17, 15) is 9.59 Å². The molecule has 2 fully saturated rings. The predicted octanol–water partition coefficient (Wildman–Crippen LogP) is 3.44. The van der Waals surface area contributed by atoms with E-state index in [2.05, 4.69) is 29.6 Å². The zero-order valence-electron chi connectivity index (χ0n) is 18.9. The number of carbonyl (C=O) groups excluding carboxylic acids is 2. The van der Waals surface area contributed by atoms with E-state index in [1.165, 1.54) is 0 Å². The van der Waals surface area contributed by atoms with Crippen molar-refractivity contribution in [3.8, 4) is 16.9 Å². The summed E-state index contributed by atoms with van der Waals surface area (Å²) in [6.07, 6.45) is 2.60. The van der Waals surface area contributed by atoms with Crippen molar-refractivity contribution in [2.45, 2.75) is 38.7 Å². The molecule has 2 aliphatic heterocycles. The number of ether oxygens (including phenoxy) is 2. The number of benzene rings is 2. The summed E-state index contributed by atoms with van der Waals surface area (Å²) in [5.41, 5.74) is 2.58. The highest BCUT2D eigenvalue weighted by Crippen LogP contribution is 2.37. The third kappa shape index (κ3) is 4.51. The number of rotatable bonds is 7. The Morgan fingerprint density at radius 2 is 1.97 bits per heavy atom. The van der Waals surface area contributed by atoms with Crippen LogP contribution in [0.25, 0.3) is 11.1 Å². The second kappa shape index (κ2) is 9.74. The van der Waals surface area contributed by atoms with E-state index in [-0.39, 0.29) is 17.9 Å². The van der Waals surface area contributed by atoms with Crippen molar-refractivity contribution in [1.29, 1.82) is 0 Å². The number of hydrogen-bond donors (Lipinski definition) is 1. The molecule has 2 saturated heterocycles. The number of nitrogens with one attached hydrogen (secondary N) is 1. The van der Waals surface area contributed by atoms with Crippen LogP contribution in [0, 0.1) is 5.41 Å². The molecule has 4 rings (SSSR count). The molecule has 2 aromatic carbocycles. The summed E-state index contributed by atoms with van der Waals surface area (Å²) in [5, 5.41) is 3.01. The van der Waals surface area contributed by atoms with Crippen molar-refractivity contribution < 1.29 is 19.1 Å². The third-order valence-electron chi connectivity index (χ3n) is 6.60. The lowest BCUT2D eigenvalue weighted by Crippen LogP contribution is -2.46. The SMILES string of the molecule is CCNC(=O)[C@@]1(Cc2ccc(-c3ccccc3OC)cc2)CCN(C(=O)[C@@H]2CCCO2)C1. The van der Waals surface area contributed by atoms with Gasteiger partial charge in [0.1, 0.15) is 11.9 Å². The van der Waals surface area contributed by atoms with E-state index in [1.807, 2.05) is 36.1 Å². The molecule has 0 unspecified atom stereocenters. The van der Waals surface area contributed by atoms with Gasteiger partial charge in [-0.3, -0.25) is 9.59 Å². The van der Waals surface area contributed by atoms with Crippen LogP contribution in [-0.2, 0) is 20.7 Å². The molecule has 2 amide bonds. The van der Waals surface area contributed by atoms with E-state index in [0.29, 0.717) is 39.1 Å². The van der Waals surface area contributed by atoms with Crippen molar-refractivity contribution in [2.75, 3.05) is 33.4 Å². The average molecular weight is 437 g/mol. The highest BCUT2D eigenvalue weighted by Gasteiger charge is 2.47. The lowest BCUT2D eigenvalue weighted by molar-refractivity contribution is -0.141. The normalized spacial score (nSPS) is 22.7. The highest BCUT2D eigenvalue weighted by molar-refractivity contribution is 5.87. The fourth-order valence-corrected chi connectivity index (χ4v) is 4.87. The molecule has 1 N–H and O–H groups in total. The summed E-state index contributed by atoms with van der Waals surface area (Å²) in [6, 6.07) is 16.2. The Morgan fingerprint density at radius 1 is 1.19 bits per heavy atom. The van der Waals surface area contributed by atoms with Crippen LogP contribution in [0.15, 0.2) is 48.5 Å². The molecule has 0 aromatic heterocycles. The first-order valence-electron chi connectivity index (χ1n) is 11.5. The van der Waals surface area contributed by atoms with E-state index < -0.39 is 5.41 Å². The average Bonchev–Trinajstić information content (AvgIpc) is 3.51. The van der Waals surface area contributed by atoms with Crippen molar-refractivity contribution in [3.63, 3.8) is 0 Å². The van der Waals surface area contributed by atoms with Gasteiger partial charge in [-0.1, -0.05) is 42.5 Å². The predicted molar refractivity (Wildman–Crippen MR) is 123 cm³/mol. The van der Waals surface area contributed by atoms with Gasteiger partial charge in [-0.05, 0) is 49.8 Å². The van der Waals surface area contributed by atoms with Gasteiger partial charge >= 0.3 is 0 Å². The molecule has 170 valence electrons. The largest absolute Gasteiger partial charge is 0.496 e. The molecule has 6 nitrogen and oxygen atoms in total. The number of amides is 2. The number of nitrogens with zero attached hydrogens (tertiary/aromatic N) is 1. The molecular weight excluding hydrogens is 404 g/mol. The number of carbonyl (C=O) groups is 2. The second-order valence-corrected chi connectivity index (χ2v) is 8.73. The summed E-state index contributed by atoms with van der Waals surface area (Å²) in [4.78, 5) is 27.9. The Labute approximate surface area is 189 Å². The van der Waals surface area contributed by atoms with Crippen LogP contribution in [0.4, 0.5) is 0 Å². The topological polar surface area (TPSA) is 67.9 Å². The summed E-state index contributed by atoms with van der Waals surface area (Å²) in [6.45, 7) is 4.18. The maximum absolute atomic E-state index is 13.1. The van der Waals surface area contributed by atoms with Crippen LogP contribution < -0.4 is 10.1 Å². The van der Waals surface area contributed by atoms with Gasteiger partial charge in [0, 0.05) is 31.8 Å². The van der Waals surface area contributed by atoms with Gasteiger partial charge in [0.2, 0.25) is 5.91 Å². The minimum absolute atomic E-state index is 0.0245. The molecule has 0 radical (unpaired) electrons. The lowest BCUT2D eigenvalue weighted by Gasteiger charge is -2.29. The maximum atomic E-state index is 13.1. The zero-order chi connectivity index (χ0) is 22.6. The van der Waals surface area contributed by atoms with Crippen molar-refractivity contribution in [3.05, 3.63) is 54.1 Å². The van der Waals surface area contributed by atoms with E-state index in [0.717, 1.165) is 35.3 Å². The molecule has 0 saturated carbocycles. The van der Waals surface area contributed by atoms with Crippen LogP contribution in [0.2, 0.25) is 0 Å². The minimum Gasteiger partial charge on any atom is -0.496 e. The molecule has 6 heteroatoms. The van der Waals surface area contributed by atoms with Crippen LogP contribution in [0.1, 0.15) is 31.7 Å². The molecule has 2 atom stereocenters. The molecular formula is C26H32N2O4. The molecule has 32 heavy (non-hydrogen) atoms. The Kier molecular flexibility index (Phi) is 6.80. The van der Waals surface area contributed by atoms with Gasteiger partial charge in [-0.25, -0.2) is 0 Å². The number of hydrogen-bond acceptors (Lipinski definition) is 4. The van der Waals surface area contributed by atoms with Crippen LogP contribution in [0.5, 0.6) is 5.75 Å². The Hall–Kier alpha value is -2.86. The Balaban J connectivity index is 1.53. The fraction of sp³-hybridized carbons (Fsp3) is 0.462. The van der Waals surface area contributed by atoms with Crippen LogP contribution in [-0.4, -0.2) is 56.2 Å². The van der Waals surface area contributed by atoms with Crippen molar-refractivity contribution in [2.24, 2.45) is 5.41 Å². The highest BCUT2D eigenvalue weighted by atomic mass is 16.5. The quantitative estimate of drug-likeness (QED) is 0.722. The Bertz CT molecular complexity index is 953. The smallest absolute Gasteiger partial charge is 0.251 e. The first-order valence-corrected chi connectivity index (χ1v) is 11.5. The zero-order valence-corrected chi connectivity index (χ0v) is 18.9. The van der Waals surface area contributed by atoms with E-state index >= 15 is 0 Å². The Morgan fingerprint density at radius 3 is 2.66 bits per heavy atom. The van der Waals surface area contributed by atoms with Gasteiger partial charge < -0.3 is 19.7 Å². The van der Waals surface area contributed by atoms with Crippen molar-refractivity contribution in [1.82, 2.24) is 10.2 Å². The maximum Gasteiger partial charge on any atom is 0.251 e. The van der Waals surface area contributed by atoms with Crippen molar-refractivity contribution >= 4 is 11.8 Å². The fourth-order valence-electron chi connectivity index (χ4n) is 4.87. The molecule has 0 bridgehead atoms. The van der Waals surface area contributed by atoms with Gasteiger partial charge in [-0.2, -0.15) is 0 Å². The summed E-state index contributed by atoms with van der Waals surface area (Å²) in [5.74, 6) is 0.884. The van der Waals surface area contributed by atoms with Gasteiger partial charge in [0.05, 0.1) is 12.5 Å². The molecule has 0 aliphatic carbocycles. The minimum atomic E-state index is -0.615. The van der Waals surface area contributed by atoms with Gasteiger partial charge in [0.25, 0.3) is 5.91 Å². The first kappa shape index (κ1) is 22.3. The van der Waals surface area contributed by atoms with Gasteiger partial charge in [0.15, 0.2) is 0 Å². The molecule has 2 aromatic rings. The molecule has 2 aliphatic rings. The molecule has 2 heterocycles. The van der Waals surface area contributed by atoms with Crippen LogP contribution in [0.3, 0.4) is 0 Å². The summed E-state index contributed by atoms with van der Waals surface area (Å²) < 4.78 is 11.1. The lowest BCUT2D eigenvalue weighted by atomic mass is 9.79. The number of methoxy groups -OCH3 is 1. The monoisotopic (exact) mass is 436 g/mol. The van der Waals surface area contributed by atoms with Crippen LogP contribution >= 0.6 is 0 Å². The second-order valence-electron chi connectivity index (χ2n) is 8.73. The van der Waals surface area contributed by atoms with Gasteiger partial charge in [-0.15, -0.1) is 0 Å².